The molecular weight excluding hydrogens is 412 g/mol. The number of carbonyl (C=O) groups is 2. The van der Waals surface area contributed by atoms with Crippen LogP contribution in [0.2, 0.25) is 0 Å². The standard InChI is InChI=1S/C23H24N4O3S/c28-22(25-10-12-26(13-11-25)23(29)20-8-4-14-30-20)19-16-18(21-9-5-15-31-21)24-27(19)17-6-2-1-3-7-17/h1-3,5-7,9,15-16,20H,4,8,10-14H2/t20-/m1/s1. The first-order chi connectivity index (χ1) is 15.2. The lowest BCUT2D eigenvalue weighted by Crippen LogP contribution is -2.53. The van der Waals surface area contributed by atoms with E-state index in [2.05, 4.69) is 0 Å². The Balaban J connectivity index is 1.36. The fourth-order valence-corrected chi connectivity index (χ4v) is 4.79. The fourth-order valence-electron chi connectivity index (χ4n) is 4.11. The summed E-state index contributed by atoms with van der Waals surface area (Å²) >= 11 is 1.60. The van der Waals surface area contributed by atoms with Crippen molar-refractivity contribution in [3.05, 3.63) is 59.6 Å². The smallest absolute Gasteiger partial charge is 0.272 e. The number of hydrogen-bond acceptors (Lipinski definition) is 5. The first-order valence-electron chi connectivity index (χ1n) is 10.6. The summed E-state index contributed by atoms with van der Waals surface area (Å²) in [6.45, 7) is 2.73. The summed E-state index contributed by atoms with van der Waals surface area (Å²) in [5.74, 6) is -0.0118. The van der Waals surface area contributed by atoms with E-state index in [1.165, 1.54) is 0 Å². The van der Waals surface area contributed by atoms with Gasteiger partial charge in [-0.3, -0.25) is 9.59 Å². The van der Waals surface area contributed by atoms with Crippen molar-refractivity contribution in [1.29, 1.82) is 0 Å². The highest BCUT2D eigenvalue weighted by Crippen LogP contribution is 2.27. The Kier molecular flexibility index (Phi) is 5.57. The van der Waals surface area contributed by atoms with Crippen LogP contribution >= 0.6 is 11.3 Å². The number of carbonyl (C=O) groups excluding carboxylic acids is 2. The summed E-state index contributed by atoms with van der Waals surface area (Å²) in [6, 6.07) is 15.6. The van der Waals surface area contributed by atoms with Gasteiger partial charge in [-0.2, -0.15) is 5.10 Å². The molecule has 0 spiro atoms. The zero-order valence-corrected chi connectivity index (χ0v) is 18.0. The first kappa shape index (κ1) is 20.0. The molecule has 31 heavy (non-hydrogen) atoms. The highest BCUT2D eigenvalue weighted by molar-refractivity contribution is 7.13. The van der Waals surface area contributed by atoms with E-state index in [4.69, 9.17) is 9.84 Å². The third-order valence-electron chi connectivity index (χ3n) is 5.79. The molecule has 1 aromatic carbocycles. The Morgan fingerprint density at radius 2 is 1.77 bits per heavy atom. The molecule has 2 aliphatic rings. The van der Waals surface area contributed by atoms with Gasteiger partial charge in [0.05, 0.1) is 10.6 Å². The van der Waals surface area contributed by atoms with Crippen LogP contribution in [0.5, 0.6) is 0 Å². The number of ether oxygens (including phenoxy) is 1. The van der Waals surface area contributed by atoms with Gasteiger partial charge in [0.15, 0.2) is 0 Å². The van der Waals surface area contributed by atoms with Crippen LogP contribution in [0.1, 0.15) is 23.3 Å². The first-order valence-corrected chi connectivity index (χ1v) is 11.5. The maximum absolute atomic E-state index is 13.4. The summed E-state index contributed by atoms with van der Waals surface area (Å²) in [6.07, 6.45) is 1.42. The molecule has 1 atom stereocenters. The van der Waals surface area contributed by atoms with E-state index in [1.54, 1.807) is 16.0 Å². The minimum absolute atomic E-state index is 0.0545. The van der Waals surface area contributed by atoms with Gasteiger partial charge in [0, 0.05) is 32.8 Å². The third kappa shape index (κ3) is 4.00. The molecule has 5 rings (SSSR count). The zero-order valence-electron chi connectivity index (χ0n) is 17.1. The number of amides is 2. The highest BCUT2D eigenvalue weighted by atomic mass is 32.1. The molecule has 0 aliphatic carbocycles. The van der Waals surface area contributed by atoms with Crippen LogP contribution in [0.15, 0.2) is 53.9 Å². The van der Waals surface area contributed by atoms with Crippen LogP contribution in [0, 0.1) is 0 Å². The number of nitrogens with zero attached hydrogens (tertiary/aromatic N) is 4. The highest BCUT2D eigenvalue weighted by Gasteiger charge is 2.32. The summed E-state index contributed by atoms with van der Waals surface area (Å²) in [4.78, 5) is 30.7. The van der Waals surface area contributed by atoms with E-state index in [1.807, 2.05) is 63.7 Å². The Hall–Kier alpha value is -2.97. The summed E-state index contributed by atoms with van der Waals surface area (Å²) in [5.41, 5.74) is 2.17. The van der Waals surface area contributed by atoms with E-state index >= 15 is 0 Å². The minimum atomic E-state index is -0.310. The number of piperazine rings is 1. The number of benzene rings is 1. The quantitative estimate of drug-likeness (QED) is 0.630. The molecule has 8 heteroatoms. The monoisotopic (exact) mass is 436 g/mol. The predicted octanol–water partition coefficient (Wildman–Crippen LogP) is 3.06. The van der Waals surface area contributed by atoms with Gasteiger partial charge in [-0.1, -0.05) is 24.3 Å². The fraction of sp³-hybridized carbons (Fsp3) is 0.348. The van der Waals surface area contributed by atoms with Gasteiger partial charge in [0.25, 0.3) is 11.8 Å². The van der Waals surface area contributed by atoms with Gasteiger partial charge in [-0.05, 0) is 42.5 Å². The number of thiophene rings is 1. The molecule has 2 aliphatic heterocycles. The maximum Gasteiger partial charge on any atom is 0.272 e. The van der Waals surface area contributed by atoms with Crippen molar-refractivity contribution in [2.75, 3.05) is 32.8 Å². The van der Waals surface area contributed by atoms with Gasteiger partial charge >= 0.3 is 0 Å². The molecule has 7 nitrogen and oxygen atoms in total. The largest absolute Gasteiger partial charge is 0.368 e. The molecule has 0 unspecified atom stereocenters. The number of rotatable bonds is 4. The van der Waals surface area contributed by atoms with E-state index < -0.39 is 0 Å². The average Bonchev–Trinajstić information content (AvgIpc) is 3.60. The van der Waals surface area contributed by atoms with Gasteiger partial charge in [-0.25, -0.2) is 4.68 Å². The molecule has 0 saturated carbocycles. The molecule has 0 N–H and O–H groups in total. The second kappa shape index (κ2) is 8.64. The van der Waals surface area contributed by atoms with Crippen LogP contribution in [-0.2, 0) is 9.53 Å². The van der Waals surface area contributed by atoms with Crippen molar-refractivity contribution in [3.63, 3.8) is 0 Å². The van der Waals surface area contributed by atoms with Crippen LogP contribution in [0.4, 0.5) is 0 Å². The SMILES string of the molecule is O=C(c1cc(-c2cccs2)nn1-c1ccccc1)N1CCN(C(=O)[C@H]2CCCO2)CC1. The molecule has 160 valence electrons. The minimum Gasteiger partial charge on any atom is -0.368 e. The second-order valence-corrected chi connectivity index (χ2v) is 8.71. The molecule has 3 aromatic rings. The second-order valence-electron chi connectivity index (χ2n) is 7.76. The molecule has 2 saturated heterocycles. The average molecular weight is 437 g/mol. The summed E-state index contributed by atoms with van der Waals surface area (Å²) in [5, 5.41) is 6.74. The zero-order chi connectivity index (χ0) is 21.2. The number of aromatic nitrogens is 2. The lowest BCUT2D eigenvalue weighted by atomic mass is 10.2. The number of hydrogen-bond donors (Lipinski definition) is 0. The van der Waals surface area contributed by atoms with Gasteiger partial charge in [-0.15, -0.1) is 11.3 Å². The van der Waals surface area contributed by atoms with E-state index in [9.17, 15) is 9.59 Å². The Labute approximate surface area is 184 Å². The Morgan fingerprint density at radius 1 is 1.00 bits per heavy atom. The van der Waals surface area contributed by atoms with Crippen molar-refractivity contribution in [3.8, 4) is 16.3 Å². The molecule has 4 heterocycles. The normalized spacial score (nSPS) is 19.0. The van der Waals surface area contributed by atoms with Crippen molar-refractivity contribution in [2.24, 2.45) is 0 Å². The van der Waals surface area contributed by atoms with Gasteiger partial charge in [0.1, 0.15) is 17.5 Å². The van der Waals surface area contributed by atoms with Gasteiger partial charge in [0.2, 0.25) is 0 Å². The molecule has 2 amide bonds. The van der Waals surface area contributed by atoms with E-state index in [0.29, 0.717) is 38.5 Å². The van der Waals surface area contributed by atoms with E-state index in [-0.39, 0.29) is 17.9 Å². The predicted molar refractivity (Wildman–Crippen MR) is 118 cm³/mol. The van der Waals surface area contributed by atoms with Gasteiger partial charge < -0.3 is 14.5 Å². The molecule has 2 aromatic heterocycles. The van der Waals surface area contributed by atoms with Crippen LogP contribution in [0.25, 0.3) is 16.3 Å². The Bertz CT molecular complexity index is 1050. The third-order valence-corrected chi connectivity index (χ3v) is 6.68. The van der Waals surface area contributed by atoms with E-state index in [0.717, 1.165) is 29.1 Å². The summed E-state index contributed by atoms with van der Waals surface area (Å²) < 4.78 is 7.26. The molecule has 0 radical (unpaired) electrons. The van der Waals surface area contributed by atoms with Crippen molar-refractivity contribution in [1.82, 2.24) is 19.6 Å². The molecule has 0 bridgehead atoms. The molecule has 2 fully saturated rings. The van der Waals surface area contributed by atoms with Crippen molar-refractivity contribution in [2.45, 2.75) is 18.9 Å². The number of para-hydroxylation sites is 1. The summed E-state index contributed by atoms with van der Waals surface area (Å²) in [7, 11) is 0. The van der Waals surface area contributed by atoms with Crippen LogP contribution in [-0.4, -0.2) is 70.3 Å². The van der Waals surface area contributed by atoms with Crippen molar-refractivity contribution < 1.29 is 14.3 Å². The maximum atomic E-state index is 13.4. The topological polar surface area (TPSA) is 67.7 Å². The van der Waals surface area contributed by atoms with Crippen LogP contribution < -0.4 is 0 Å². The lowest BCUT2D eigenvalue weighted by molar-refractivity contribution is -0.142. The van der Waals surface area contributed by atoms with Crippen LogP contribution in [0.3, 0.4) is 0 Å². The molecular formula is C23H24N4O3S. The van der Waals surface area contributed by atoms with Crippen molar-refractivity contribution >= 4 is 23.2 Å². The lowest BCUT2D eigenvalue weighted by Gasteiger charge is -2.35. The Morgan fingerprint density at radius 3 is 2.45 bits per heavy atom.